The van der Waals surface area contributed by atoms with E-state index >= 15 is 0 Å². The van der Waals surface area contributed by atoms with E-state index in [-0.39, 0.29) is 22.9 Å². The number of nitrogens with zero attached hydrogens (tertiary/aromatic N) is 6. The average molecular weight is 209 g/mol. The van der Waals surface area contributed by atoms with Crippen molar-refractivity contribution in [2.24, 2.45) is 0 Å². The first-order valence-electron chi connectivity index (χ1n) is 3.94. The molecule has 2 N–H and O–H groups in total. The van der Waals surface area contributed by atoms with Gasteiger partial charge in [0.1, 0.15) is 17.8 Å². The van der Waals surface area contributed by atoms with E-state index < -0.39 is 5.92 Å². The molecule has 0 aliphatic rings. The molecule has 0 spiro atoms. The van der Waals surface area contributed by atoms with Gasteiger partial charge in [0.25, 0.3) is 0 Å². The van der Waals surface area contributed by atoms with Crippen molar-refractivity contribution in [3.05, 3.63) is 17.1 Å². The molecule has 0 saturated heterocycles. The smallest absolute Gasteiger partial charge is 0.184 e. The van der Waals surface area contributed by atoms with Crippen LogP contribution < -0.4 is 5.73 Å². The second-order valence-corrected chi connectivity index (χ2v) is 2.61. The van der Waals surface area contributed by atoms with Crippen molar-refractivity contribution in [2.45, 2.75) is 5.92 Å². The fourth-order valence-corrected chi connectivity index (χ4v) is 0.979. The van der Waals surface area contributed by atoms with Crippen LogP contribution in [0.5, 0.6) is 0 Å². The fraction of sp³-hybridized carbons (Fsp3) is 0.111. The summed E-state index contributed by atoms with van der Waals surface area (Å²) in [7, 11) is 0. The minimum absolute atomic E-state index is 0.121. The highest BCUT2D eigenvalue weighted by Crippen LogP contribution is 2.17. The molecule has 0 bridgehead atoms. The molecule has 0 aliphatic heterocycles. The maximum atomic E-state index is 8.75. The van der Waals surface area contributed by atoms with E-state index in [0.29, 0.717) is 0 Å². The van der Waals surface area contributed by atoms with E-state index in [0.717, 1.165) is 0 Å². The number of nitrogens with two attached hydrogens (primary N) is 1. The molecule has 1 heterocycles. The van der Waals surface area contributed by atoms with Crippen LogP contribution in [0.25, 0.3) is 0 Å². The number of nitriles is 4. The summed E-state index contributed by atoms with van der Waals surface area (Å²) >= 11 is 0. The fourth-order valence-electron chi connectivity index (χ4n) is 0.979. The Kier molecular flexibility index (Phi) is 2.98. The van der Waals surface area contributed by atoms with Gasteiger partial charge in [0.2, 0.25) is 0 Å². The highest BCUT2D eigenvalue weighted by molar-refractivity contribution is 5.49. The molecule has 1 aromatic heterocycles. The number of aromatic nitrogens is 2. The zero-order valence-corrected chi connectivity index (χ0v) is 7.84. The molecule has 0 saturated carbocycles. The molecule has 0 amide bonds. The van der Waals surface area contributed by atoms with E-state index in [1.165, 1.54) is 0 Å². The lowest BCUT2D eigenvalue weighted by molar-refractivity contribution is 0.965. The maximum absolute atomic E-state index is 8.75. The number of hydrogen-bond donors (Lipinski definition) is 1. The summed E-state index contributed by atoms with van der Waals surface area (Å²) in [5.41, 5.74) is 4.82. The van der Waals surface area contributed by atoms with Gasteiger partial charge >= 0.3 is 0 Å². The Labute approximate surface area is 90.6 Å². The van der Waals surface area contributed by atoms with Crippen molar-refractivity contribution in [1.29, 1.82) is 21.0 Å². The average Bonchev–Trinajstić information content (AvgIpc) is 2.31. The van der Waals surface area contributed by atoms with Crippen LogP contribution in [0.15, 0.2) is 0 Å². The zero-order valence-electron chi connectivity index (χ0n) is 7.84. The van der Waals surface area contributed by atoms with E-state index in [9.17, 15) is 0 Å². The summed E-state index contributed by atoms with van der Waals surface area (Å²) in [6.07, 6.45) is 0. The van der Waals surface area contributed by atoms with E-state index in [1.807, 2.05) is 0 Å². The summed E-state index contributed by atoms with van der Waals surface area (Å²) in [6, 6.07) is 6.63. The molecule has 7 heteroatoms. The summed E-state index contributed by atoms with van der Waals surface area (Å²) in [6.45, 7) is 0. The number of anilines is 1. The lowest BCUT2D eigenvalue weighted by Crippen LogP contribution is -2.08. The van der Waals surface area contributed by atoms with Crippen molar-refractivity contribution >= 4 is 5.82 Å². The summed E-state index contributed by atoms with van der Waals surface area (Å²) < 4.78 is 0. The Bertz CT molecular complexity index is 576. The Balaban J connectivity index is 3.51. The molecular weight excluding hydrogens is 206 g/mol. The Hall–Kier alpha value is -3.16. The van der Waals surface area contributed by atoms with Gasteiger partial charge in [0.15, 0.2) is 23.1 Å². The SMILES string of the molecule is N#Cc1nc(C#N)c(C(C#N)C#N)nc1N. The second-order valence-electron chi connectivity index (χ2n) is 2.61. The Morgan fingerprint density at radius 3 is 1.94 bits per heavy atom. The molecular formula is C9H3N7. The predicted octanol–water partition coefficient (Wildman–Crippen LogP) is -0.0671. The lowest BCUT2D eigenvalue weighted by Gasteiger charge is -2.03. The third kappa shape index (κ3) is 1.70. The van der Waals surface area contributed by atoms with Gasteiger partial charge in [-0.15, -0.1) is 0 Å². The largest absolute Gasteiger partial charge is 0.381 e. The standard InChI is InChI=1S/C9H3N7/c10-1-5(2-11)8-6(3-12)15-7(4-13)9(14)16-8/h5H,(H2,14,16). The highest BCUT2D eigenvalue weighted by atomic mass is 14.9. The first kappa shape index (κ1) is 10.9. The first-order valence-corrected chi connectivity index (χ1v) is 3.94. The van der Waals surface area contributed by atoms with Gasteiger partial charge in [-0.1, -0.05) is 0 Å². The van der Waals surface area contributed by atoms with Crippen molar-refractivity contribution in [3.8, 4) is 24.3 Å². The molecule has 7 nitrogen and oxygen atoms in total. The predicted molar refractivity (Wildman–Crippen MR) is 49.8 cm³/mol. The molecule has 0 fully saturated rings. The molecule has 0 aromatic carbocycles. The van der Waals surface area contributed by atoms with Crippen LogP contribution in [0.3, 0.4) is 0 Å². The third-order valence-electron chi connectivity index (χ3n) is 1.69. The molecule has 74 valence electrons. The molecule has 16 heavy (non-hydrogen) atoms. The van der Waals surface area contributed by atoms with E-state index in [1.54, 1.807) is 24.3 Å². The van der Waals surface area contributed by atoms with Crippen LogP contribution in [0.4, 0.5) is 5.82 Å². The summed E-state index contributed by atoms with van der Waals surface area (Å²) in [4.78, 5) is 7.30. The van der Waals surface area contributed by atoms with Crippen molar-refractivity contribution < 1.29 is 0 Å². The molecule has 0 atom stereocenters. The minimum Gasteiger partial charge on any atom is -0.381 e. The number of nitrogen functional groups attached to an aromatic ring is 1. The highest BCUT2D eigenvalue weighted by Gasteiger charge is 2.19. The normalized spacial score (nSPS) is 8.56. The van der Waals surface area contributed by atoms with Gasteiger partial charge < -0.3 is 5.73 Å². The number of rotatable bonds is 1. The van der Waals surface area contributed by atoms with Gasteiger partial charge in [-0.25, -0.2) is 9.97 Å². The van der Waals surface area contributed by atoms with Crippen LogP contribution in [-0.4, -0.2) is 9.97 Å². The van der Waals surface area contributed by atoms with Crippen LogP contribution in [0.1, 0.15) is 23.0 Å². The molecule has 0 radical (unpaired) electrons. The minimum atomic E-state index is -1.22. The molecule has 1 aromatic rings. The van der Waals surface area contributed by atoms with E-state index in [4.69, 9.17) is 26.8 Å². The quantitative estimate of drug-likeness (QED) is 0.680. The second kappa shape index (κ2) is 4.37. The van der Waals surface area contributed by atoms with Crippen molar-refractivity contribution in [3.63, 3.8) is 0 Å². The van der Waals surface area contributed by atoms with E-state index in [2.05, 4.69) is 9.97 Å². The first-order chi connectivity index (χ1) is 7.67. The van der Waals surface area contributed by atoms with Crippen LogP contribution in [-0.2, 0) is 0 Å². The lowest BCUT2D eigenvalue weighted by atomic mass is 10.1. The van der Waals surface area contributed by atoms with Crippen LogP contribution in [0, 0.1) is 45.3 Å². The Morgan fingerprint density at radius 2 is 1.50 bits per heavy atom. The van der Waals surface area contributed by atoms with Crippen molar-refractivity contribution in [1.82, 2.24) is 9.97 Å². The van der Waals surface area contributed by atoms with Crippen LogP contribution in [0.2, 0.25) is 0 Å². The molecule has 1 rings (SSSR count). The summed E-state index contributed by atoms with van der Waals surface area (Å²) in [5, 5.41) is 34.7. The van der Waals surface area contributed by atoms with Crippen LogP contribution >= 0.6 is 0 Å². The van der Waals surface area contributed by atoms with Gasteiger partial charge in [-0.3, -0.25) is 0 Å². The Morgan fingerprint density at radius 1 is 0.938 bits per heavy atom. The van der Waals surface area contributed by atoms with Gasteiger partial charge in [-0.05, 0) is 0 Å². The topological polar surface area (TPSA) is 147 Å². The maximum Gasteiger partial charge on any atom is 0.184 e. The van der Waals surface area contributed by atoms with Gasteiger partial charge in [0, 0.05) is 0 Å². The van der Waals surface area contributed by atoms with Gasteiger partial charge in [0.05, 0.1) is 12.1 Å². The monoisotopic (exact) mass is 209 g/mol. The molecule has 0 aliphatic carbocycles. The van der Waals surface area contributed by atoms with Gasteiger partial charge in [-0.2, -0.15) is 21.0 Å². The van der Waals surface area contributed by atoms with Crippen molar-refractivity contribution in [2.75, 3.05) is 5.73 Å². The summed E-state index contributed by atoms with van der Waals surface area (Å²) in [5.74, 6) is -1.43. The number of hydrogen-bond acceptors (Lipinski definition) is 7. The zero-order chi connectivity index (χ0) is 12.1. The third-order valence-corrected chi connectivity index (χ3v) is 1.69. The molecule has 0 unspecified atom stereocenters.